The molecule has 0 aliphatic carbocycles. The number of ether oxygens (including phenoxy) is 2. The molecular weight excluding hydrogens is 202 g/mol. The van der Waals surface area contributed by atoms with Gasteiger partial charge in [0.25, 0.3) is 0 Å². The van der Waals surface area contributed by atoms with Crippen LogP contribution < -0.4 is 5.73 Å². The molecule has 2 fully saturated rings. The Hall–Kier alpha value is -0.120. The Kier molecular flexibility index (Phi) is 5.07. The van der Waals surface area contributed by atoms with Gasteiger partial charge in [-0.3, -0.25) is 0 Å². The van der Waals surface area contributed by atoms with Crippen molar-refractivity contribution in [2.75, 3.05) is 19.8 Å². The highest BCUT2D eigenvalue weighted by Crippen LogP contribution is 2.21. The molecule has 0 radical (unpaired) electrons. The molecule has 0 aromatic carbocycles. The Balaban J connectivity index is 1.51. The standard InChI is InChI=1S/C13H25NO2/c14-12(9-11-6-8-15-10-11)3-1-4-13-5-2-7-16-13/h11-13H,1-10,14H2. The summed E-state index contributed by atoms with van der Waals surface area (Å²) in [5, 5.41) is 0. The van der Waals surface area contributed by atoms with Crippen LogP contribution in [-0.2, 0) is 9.47 Å². The minimum Gasteiger partial charge on any atom is -0.381 e. The molecule has 0 bridgehead atoms. The third-order valence-corrected chi connectivity index (χ3v) is 3.79. The van der Waals surface area contributed by atoms with E-state index in [0.29, 0.717) is 12.1 Å². The van der Waals surface area contributed by atoms with Crippen LogP contribution >= 0.6 is 0 Å². The van der Waals surface area contributed by atoms with Crippen LogP contribution in [0, 0.1) is 5.92 Å². The maximum absolute atomic E-state index is 6.14. The van der Waals surface area contributed by atoms with Crippen molar-refractivity contribution in [2.24, 2.45) is 11.7 Å². The molecule has 3 nitrogen and oxygen atoms in total. The smallest absolute Gasteiger partial charge is 0.0576 e. The normalized spacial score (nSPS) is 32.1. The Labute approximate surface area is 98.7 Å². The molecule has 3 atom stereocenters. The van der Waals surface area contributed by atoms with Crippen LogP contribution in [0.1, 0.15) is 44.9 Å². The fourth-order valence-corrected chi connectivity index (χ4v) is 2.79. The molecule has 0 amide bonds. The lowest BCUT2D eigenvalue weighted by Crippen LogP contribution is -2.24. The highest BCUT2D eigenvalue weighted by molar-refractivity contribution is 4.73. The van der Waals surface area contributed by atoms with E-state index in [1.54, 1.807) is 0 Å². The van der Waals surface area contributed by atoms with Crippen molar-refractivity contribution in [1.82, 2.24) is 0 Å². The summed E-state index contributed by atoms with van der Waals surface area (Å²) >= 11 is 0. The van der Waals surface area contributed by atoms with Gasteiger partial charge in [0.05, 0.1) is 6.10 Å². The molecule has 3 unspecified atom stereocenters. The van der Waals surface area contributed by atoms with Crippen molar-refractivity contribution in [3.05, 3.63) is 0 Å². The van der Waals surface area contributed by atoms with Crippen LogP contribution in [0.4, 0.5) is 0 Å². The molecule has 2 aliphatic heterocycles. The van der Waals surface area contributed by atoms with Crippen LogP contribution in [0.15, 0.2) is 0 Å². The second-order valence-electron chi connectivity index (χ2n) is 5.29. The highest BCUT2D eigenvalue weighted by atomic mass is 16.5. The summed E-state index contributed by atoms with van der Waals surface area (Å²) in [5.41, 5.74) is 6.14. The van der Waals surface area contributed by atoms with E-state index in [4.69, 9.17) is 15.2 Å². The van der Waals surface area contributed by atoms with Gasteiger partial charge in [0.1, 0.15) is 0 Å². The second kappa shape index (κ2) is 6.58. The molecule has 2 rings (SSSR count). The van der Waals surface area contributed by atoms with Crippen molar-refractivity contribution >= 4 is 0 Å². The van der Waals surface area contributed by atoms with Crippen LogP contribution in [0.25, 0.3) is 0 Å². The predicted octanol–water partition coefficient (Wildman–Crippen LogP) is 2.09. The van der Waals surface area contributed by atoms with Crippen LogP contribution in [-0.4, -0.2) is 32.0 Å². The number of hydrogen-bond donors (Lipinski definition) is 1. The van der Waals surface area contributed by atoms with Crippen molar-refractivity contribution in [1.29, 1.82) is 0 Å². The Morgan fingerprint density at radius 1 is 1.25 bits per heavy atom. The summed E-state index contributed by atoms with van der Waals surface area (Å²) in [6.45, 7) is 2.84. The van der Waals surface area contributed by atoms with Gasteiger partial charge in [-0.2, -0.15) is 0 Å². The maximum atomic E-state index is 6.14. The fraction of sp³-hybridized carbons (Fsp3) is 1.00. The first-order valence-electron chi connectivity index (χ1n) is 6.79. The second-order valence-corrected chi connectivity index (χ2v) is 5.29. The number of hydrogen-bond acceptors (Lipinski definition) is 3. The molecular formula is C13H25NO2. The van der Waals surface area contributed by atoms with E-state index < -0.39 is 0 Å². The zero-order chi connectivity index (χ0) is 11.2. The lowest BCUT2D eigenvalue weighted by atomic mass is 9.95. The van der Waals surface area contributed by atoms with Gasteiger partial charge in [-0.15, -0.1) is 0 Å². The molecule has 0 aromatic rings. The predicted molar refractivity (Wildman–Crippen MR) is 64.3 cm³/mol. The first kappa shape index (κ1) is 12.3. The van der Waals surface area contributed by atoms with E-state index in [1.807, 2.05) is 0 Å². The van der Waals surface area contributed by atoms with Gasteiger partial charge >= 0.3 is 0 Å². The van der Waals surface area contributed by atoms with E-state index in [-0.39, 0.29) is 0 Å². The fourth-order valence-electron chi connectivity index (χ4n) is 2.79. The molecule has 2 N–H and O–H groups in total. The lowest BCUT2D eigenvalue weighted by molar-refractivity contribution is 0.101. The van der Waals surface area contributed by atoms with Crippen molar-refractivity contribution in [3.8, 4) is 0 Å². The largest absolute Gasteiger partial charge is 0.381 e. The molecule has 94 valence electrons. The van der Waals surface area contributed by atoms with Crippen molar-refractivity contribution < 1.29 is 9.47 Å². The zero-order valence-electron chi connectivity index (χ0n) is 10.2. The van der Waals surface area contributed by atoms with Crippen molar-refractivity contribution in [2.45, 2.75) is 57.1 Å². The topological polar surface area (TPSA) is 44.5 Å². The SMILES string of the molecule is NC(CCCC1CCCO1)CC1CCOC1. The molecule has 16 heavy (non-hydrogen) atoms. The monoisotopic (exact) mass is 227 g/mol. The van der Waals surface area contributed by atoms with Gasteiger partial charge in [-0.1, -0.05) is 0 Å². The summed E-state index contributed by atoms with van der Waals surface area (Å²) < 4.78 is 11.0. The molecule has 0 spiro atoms. The first-order valence-corrected chi connectivity index (χ1v) is 6.79. The summed E-state index contributed by atoms with van der Waals surface area (Å²) in [7, 11) is 0. The Morgan fingerprint density at radius 3 is 2.88 bits per heavy atom. The molecule has 3 heteroatoms. The highest BCUT2D eigenvalue weighted by Gasteiger charge is 2.19. The molecule has 2 aliphatic rings. The Bertz CT molecular complexity index is 186. The van der Waals surface area contributed by atoms with Gasteiger partial charge in [0.2, 0.25) is 0 Å². The minimum absolute atomic E-state index is 0.369. The molecule has 2 heterocycles. The average Bonchev–Trinajstić information content (AvgIpc) is 2.90. The first-order chi connectivity index (χ1) is 7.84. The maximum Gasteiger partial charge on any atom is 0.0576 e. The summed E-state index contributed by atoms with van der Waals surface area (Å²) in [6.07, 6.45) is 8.96. The summed E-state index contributed by atoms with van der Waals surface area (Å²) in [4.78, 5) is 0. The quantitative estimate of drug-likeness (QED) is 0.755. The lowest BCUT2D eigenvalue weighted by Gasteiger charge is -2.16. The summed E-state index contributed by atoms with van der Waals surface area (Å²) in [5.74, 6) is 0.720. The Morgan fingerprint density at radius 2 is 2.19 bits per heavy atom. The third-order valence-electron chi connectivity index (χ3n) is 3.79. The molecule has 0 aromatic heterocycles. The van der Waals surface area contributed by atoms with E-state index in [2.05, 4.69) is 0 Å². The van der Waals surface area contributed by atoms with E-state index in [0.717, 1.165) is 38.6 Å². The van der Waals surface area contributed by atoms with Gasteiger partial charge in [-0.25, -0.2) is 0 Å². The van der Waals surface area contributed by atoms with Crippen LogP contribution in [0.3, 0.4) is 0 Å². The minimum atomic E-state index is 0.369. The van der Waals surface area contributed by atoms with Crippen LogP contribution in [0.2, 0.25) is 0 Å². The van der Waals surface area contributed by atoms with Crippen LogP contribution in [0.5, 0.6) is 0 Å². The third kappa shape index (κ3) is 4.04. The van der Waals surface area contributed by atoms with E-state index in [9.17, 15) is 0 Å². The molecule has 0 saturated carbocycles. The van der Waals surface area contributed by atoms with Gasteiger partial charge in [-0.05, 0) is 50.9 Å². The van der Waals surface area contributed by atoms with Gasteiger partial charge in [0.15, 0.2) is 0 Å². The van der Waals surface area contributed by atoms with Gasteiger partial charge < -0.3 is 15.2 Å². The van der Waals surface area contributed by atoms with Crippen molar-refractivity contribution in [3.63, 3.8) is 0 Å². The average molecular weight is 227 g/mol. The number of rotatable bonds is 6. The number of nitrogens with two attached hydrogens (primary N) is 1. The van der Waals surface area contributed by atoms with E-state index >= 15 is 0 Å². The van der Waals surface area contributed by atoms with Gasteiger partial charge in [0, 0.05) is 25.9 Å². The van der Waals surface area contributed by atoms with E-state index in [1.165, 1.54) is 32.1 Å². The molecule has 2 saturated heterocycles. The zero-order valence-corrected chi connectivity index (χ0v) is 10.2. The summed E-state index contributed by atoms with van der Waals surface area (Å²) in [6, 6.07) is 0.369.